The lowest BCUT2D eigenvalue weighted by Gasteiger charge is -2.15. The van der Waals surface area contributed by atoms with Gasteiger partial charge in [-0.2, -0.15) is 0 Å². The van der Waals surface area contributed by atoms with Crippen LogP contribution in [0.25, 0.3) is 11.0 Å². The van der Waals surface area contributed by atoms with Crippen LogP contribution in [0.2, 0.25) is 0 Å². The van der Waals surface area contributed by atoms with E-state index in [4.69, 9.17) is 5.73 Å². The Labute approximate surface area is 109 Å². The van der Waals surface area contributed by atoms with E-state index in [0.717, 1.165) is 16.7 Å². The minimum Gasteiger partial charge on any atom is -0.399 e. The lowest BCUT2D eigenvalue weighted by Crippen LogP contribution is -2.11. The molecule has 0 spiro atoms. The predicted molar refractivity (Wildman–Crippen MR) is 75.0 cm³/mol. The van der Waals surface area contributed by atoms with Gasteiger partial charge in [-0.3, -0.25) is 0 Å². The van der Waals surface area contributed by atoms with Gasteiger partial charge in [-0.15, -0.1) is 0 Å². The molecule has 0 saturated heterocycles. The predicted octanol–water partition coefficient (Wildman–Crippen LogP) is 3.05. The van der Waals surface area contributed by atoms with Gasteiger partial charge in [-0.1, -0.05) is 6.07 Å². The van der Waals surface area contributed by atoms with Crippen LogP contribution in [-0.2, 0) is 0 Å². The maximum absolute atomic E-state index is 13.2. The first-order valence-corrected chi connectivity index (χ1v) is 5.88. The fraction of sp³-hybridized carbons (Fsp3) is 0.0714. The lowest BCUT2D eigenvalue weighted by atomic mass is 10.3. The number of rotatable bonds is 2. The van der Waals surface area contributed by atoms with Crippen molar-refractivity contribution in [2.75, 3.05) is 17.7 Å². The summed E-state index contributed by atoms with van der Waals surface area (Å²) in [5.74, 6) is 0.371. The topological polar surface area (TPSA) is 57.9 Å². The van der Waals surface area contributed by atoms with Crippen LogP contribution in [0.15, 0.2) is 42.5 Å². The number of aromatic nitrogens is 2. The molecule has 0 bridgehead atoms. The molecular formula is C14H13FN4. The van der Waals surface area contributed by atoms with Crippen LogP contribution in [0.1, 0.15) is 0 Å². The number of fused-ring (bicyclic) bond motifs is 1. The molecule has 19 heavy (non-hydrogen) atoms. The van der Waals surface area contributed by atoms with E-state index in [1.54, 1.807) is 17.0 Å². The molecule has 0 radical (unpaired) electrons. The molecule has 96 valence electrons. The zero-order chi connectivity index (χ0) is 13.4. The van der Waals surface area contributed by atoms with Gasteiger partial charge in [0.15, 0.2) is 0 Å². The van der Waals surface area contributed by atoms with Crippen molar-refractivity contribution in [1.82, 2.24) is 9.97 Å². The average Bonchev–Trinajstić information content (AvgIpc) is 2.80. The second kappa shape index (κ2) is 4.28. The average molecular weight is 256 g/mol. The normalized spacial score (nSPS) is 10.8. The first-order chi connectivity index (χ1) is 9.13. The number of aromatic amines is 1. The lowest BCUT2D eigenvalue weighted by molar-refractivity contribution is 0.628. The Morgan fingerprint density at radius 3 is 2.84 bits per heavy atom. The van der Waals surface area contributed by atoms with E-state index < -0.39 is 0 Å². The number of nitrogen functional groups attached to an aromatic ring is 1. The summed E-state index contributed by atoms with van der Waals surface area (Å²) in [4.78, 5) is 9.41. The Bertz CT molecular complexity index is 735. The highest BCUT2D eigenvalue weighted by molar-refractivity contribution is 5.81. The second-order valence-electron chi connectivity index (χ2n) is 4.38. The molecule has 1 aromatic heterocycles. The molecule has 3 rings (SSSR count). The van der Waals surface area contributed by atoms with E-state index in [1.807, 2.05) is 25.2 Å². The molecule has 3 aromatic rings. The van der Waals surface area contributed by atoms with Crippen LogP contribution >= 0.6 is 0 Å². The van der Waals surface area contributed by atoms with Crippen molar-refractivity contribution < 1.29 is 4.39 Å². The number of hydrogen-bond donors (Lipinski definition) is 2. The van der Waals surface area contributed by atoms with Crippen LogP contribution in [0.5, 0.6) is 0 Å². The van der Waals surface area contributed by atoms with Crippen molar-refractivity contribution in [1.29, 1.82) is 0 Å². The summed E-state index contributed by atoms with van der Waals surface area (Å²) in [5.41, 5.74) is 8.82. The first-order valence-electron chi connectivity index (χ1n) is 5.88. The Kier molecular flexibility index (Phi) is 2.59. The number of benzene rings is 2. The first kappa shape index (κ1) is 11.5. The maximum Gasteiger partial charge on any atom is 0.208 e. The Morgan fingerprint density at radius 1 is 1.21 bits per heavy atom. The number of nitrogens with one attached hydrogen (secondary N) is 1. The smallest absolute Gasteiger partial charge is 0.208 e. The summed E-state index contributed by atoms with van der Waals surface area (Å²) in [6, 6.07) is 11.8. The molecule has 0 saturated carbocycles. The standard InChI is InChI=1S/C14H13FN4/c1-19(11-4-2-3-9(15)7-11)14-17-12-6-5-10(16)8-13(12)18-14/h2-8H,16H2,1H3,(H,17,18). The number of halogens is 1. The van der Waals surface area contributed by atoms with Gasteiger partial charge in [0.05, 0.1) is 11.0 Å². The quantitative estimate of drug-likeness (QED) is 0.693. The van der Waals surface area contributed by atoms with Crippen LogP contribution in [0.3, 0.4) is 0 Å². The van der Waals surface area contributed by atoms with Gasteiger partial charge in [-0.25, -0.2) is 9.37 Å². The van der Waals surface area contributed by atoms with E-state index in [0.29, 0.717) is 11.6 Å². The Morgan fingerprint density at radius 2 is 2.05 bits per heavy atom. The monoisotopic (exact) mass is 256 g/mol. The zero-order valence-corrected chi connectivity index (χ0v) is 10.4. The highest BCUT2D eigenvalue weighted by atomic mass is 19.1. The highest BCUT2D eigenvalue weighted by Gasteiger charge is 2.10. The van der Waals surface area contributed by atoms with Gasteiger partial charge in [-0.05, 0) is 36.4 Å². The van der Waals surface area contributed by atoms with E-state index in [2.05, 4.69) is 9.97 Å². The van der Waals surface area contributed by atoms with Crippen molar-refractivity contribution in [2.24, 2.45) is 0 Å². The molecule has 0 aliphatic carbocycles. The van der Waals surface area contributed by atoms with Crippen molar-refractivity contribution in [3.05, 3.63) is 48.3 Å². The summed E-state index contributed by atoms with van der Waals surface area (Å²) >= 11 is 0. The summed E-state index contributed by atoms with van der Waals surface area (Å²) < 4.78 is 13.2. The van der Waals surface area contributed by atoms with Crippen LogP contribution < -0.4 is 10.6 Å². The van der Waals surface area contributed by atoms with Crippen molar-refractivity contribution >= 4 is 28.4 Å². The van der Waals surface area contributed by atoms with Gasteiger partial charge in [0.2, 0.25) is 5.95 Å². The summed E-state index contributed by atoms with van der Waals surface area (Å²) in [7, 11) is 1.83. The van der Waals surface area contributed by atoms with Crippen LogP contribution in [0, 0.1) is 5.82 Å². The second-order valence-corrected chi connectivity index (χ2v) is 4.38. The van der Waals surface area contributed by atoms with Crippen molar-refractivity contribution in [2.45, 2.75) is 0 Å². The molecule has 1 heterocycles. The van der Waals surface area contributed by atoms with E-state index in [1.165, 1.54) is 12.1 Å². The molecule has 2 aromatic carbocycles. The minimum atomic E-state index is -0.273. The molecular weight excluding hydrogens is 243 g/mol. The zero-order valence-electron chi connectivity index (χ0n) is 10.4. The van der Waals surface area contributed by atoms with E-state index in [9.17, 15) is 4.39 Å². The molecule has 5 heteroatoms. The molecule has 3 N–H and O–H groups in total. The molecule has 0 fully saturated rings. The number of nitrogens with two attached hydrogens (primary N) is 1. The number of anilines is 3. The molecule has 0 atom stereocenters. The van der Waals surface area contributed by atoms with Gasteiger partial charge >= 0.3 is 0 Å². The van der Waals surface area contributed by atoms with Gasteiger partial charge in [0.25, 0.3) is 0 Å². The number of imidazole rings is 1. The Hall–Kier alpha value is -2.56. The molecule has 0 amide bonds. The fourth-order valence-corrected chi connectivity index (χ4v) is 1.98. The van der Waals surface area contributed by atoms with Gasteiger partial charge in [0, 0.05) is 18.4 Å². The number of hydrogen-bond acceptors (Lipinski definition) is 3. The summed E-state index contributed by atoms with van der Waals surface area (Å²) in [6.07, 6.45) is 0. The highest BCUT2D eigenvalue weighted by Crippen LogP contribution is 2.24. The number of nitrogens with zero attached hydrogens (tertiary/aromatic N) is 2. The molecule has 4 nitrogen and oxygen atoms in total. The number of H-pyrrole nitrogens is 1. The van der Waals surface area contributed by atoms with Gasteiger partial charge < -0.3 is 15.6 Å². The third kappa shape index (κ3) is 2.10. The third-order valence-corrected chi connectivity index (χ3v) is 3.01. The largest absolute Gasteiger partial charge is 0.399 e. The van der Waals surface area contributed by atoms with E-state index >= 15 is 0 Å². The molecule has 0 unspecified atom stereocenters. The van der Waals surface area contributed by atoms with Crippen molar-refractivity contribution in [3.63, 3.8) is 0 Å². The molecule has 0 aliphatic heterocycles. The molecule has 0 aliphatic rings. The Balaban J connectivity index is 2.04. The summed E-state index contributed by atoms with van der Waals surface area (Å²) in [5, 5.41) is 0. The van der Waals surface area contributed by atoms with Crippen LogP contribution in [0.4, 0.5) is 21.7 Å². The van der Waals surface area contributed by atoms with Crippen molar-refractivity contribution in [3.8, 4) is 0 Å². The third-order valence-electron chi connectivity index (χ3n) is 3.01. The van der Waals surface area contributed by atoms with Gasteiger partial charge in [0.1, 0.15) is 5.82 Å². The SMILES string of the molecule is CN(c1cccc(F)c1)c1nc2ccc(N)cc2[nH]1. The summed E-state index contributed by atoms with van der Waals surface area (Å²) in [6.45, 7) is 0. The van der Waals surface area contributed by atoms with Crippen LogP contribution in [-0.4, -0.2) is 17.0 Å². The minimum absolute atomic E-state index is 0.273. The fourth-order valence-electron chi connectivity index (χ4n) is 1.98. The maximum atomic E-state index is 13.2. The van der Waals surface area contributed by atoms with E-state index in [-0.39, 0.29) is 5.82 Å².